The van der Waals surface area contributed by atoms with Gasteiger partial charge in [0.05, 0.1) is 16.8 Å². The first-order valence-corrected chi connectivity index (χ1v) is 9.75. The van der Waals surface area contributed by atoms with Gasteiger partial charge < -0.3 is 10.2 Å². The summed E-state index contributed by atoms with van der Waals surface area (Å²) in [5.74, 6) is 0.916. The Balaban J connectivity index is 1.81. The molecule has 3 aromatic heterocycles. The van der Waals surface area contributed by atoms with E-state index >= 15 is 0 Å². The van der Waals surface area contributed by atoms with Crippen LogP contribution in [0.2, 0.25) is 0 Å². The highest BCUT2D eigenvalue weighted by molar-refractivity contribution is 5.88. The van der Waals surface area contributed by atoms with Crippen LogP contribution < -0.4 is 11.0 Å². The average molecular weight is 392 g/mol. The van der Waals surface area contributed by atoms with Gasteiger partial charge in [0, 0.05) is 44.9 Å². The van der Waals surface area contributed by atoms with Crippen LogP contribution in [-0.2, 0) is 4.79 Å². The number of nitrogens with one attached hydrogen (secondary N) is 1. The lowest BCUT2D eigenvalue weighted by molar-refractivity contribution is -0.128. The van der Waals surface area contributed by atoms with Crippen molar-refractivity contribution >= 4 is 22.8 Å². The molecule has 0 radical (unpaired) electrons. The molecule has 3 aromatic rings. The molecule has 0 saturated heterocycles. The minimum Gasteiger partial charge on any atom is -0.369 e. The molecule has 0 bridgehead atoms. The zero-order valence-electron chi connectivity index (χ0n) is 16.8. The number of hydrogen-bond acceptors (Lipinski definition) is 6. The number of nitrogens with zero attached hydrogens (tertiary/aromatic N) is 5. The Labute approximate surface area is 168 Å². The van der Waals surface area contributed by atoms with Crippen molar-refractivity contribution in [3.05, 3.63) is 52.3 Å². The molecule has 4 rings (SSSR count). The topological polar surface area (TPSA) is 93.0 Å². The number of hydrogen-bond donors (Lipinski definition) is 1. The van der Waals surface area contributed by atoms with Gasteiger partial charge in [-0.1, -0.05) is 0 Å². The molecule has 1 saturated carbocycles. The normalized spacial score (nSPS) is 13.5. The summed E-state index contributed by atoms with van der Waals surface area (Å²) in [5.41, 5.74) is 2.54. The van der Waals surface area contributed by atoms with Crippen LogP contribution in [0.4, 0.5) is 5.82 Å². The number of rotatable bonds is 6. The molecular weight excluding hydrogens is 368 g/mol. The van der Waals surface area contributed by atoms with Gasteiger partial charge in [-0.05, 0) is 44.0 Å². The molecule has 0 aliphatic heterocycles. The number of fused-ring (bicyclic) bond motifs is 1. The van der Waals surface area contributed by atoms with E-state index in [-0.39, 0.29) is 5.91 Å². The van der Waals surface area contributed by atoms with E-state index in [0.29, 0.717) is 36.0 Å². The molecule has 1 fully saturated rings. The van der Waals surface area contributed by atoms with E-state index in [1.54, 1.807) is 31.3 Å². The van der Waals surface area contributed by atoms with Crippen LogP contribution >= 0.6 is 0 Å². The highest BCUT2D eigenvalue weighted by Gasteiger charge is 2.26. The SMILES string of the molecule is Cc1ncccc1-n1c(=O)nc(NCCC(=O)N(C)C)c2ccc(C3CC3)nc21. The first-order valence-electron chi connectivity index (χ1n) is 9.75. The van der Waals surface area contributed by atoms with Crippen LogP contribution in [0.3, 0.4) is 0 Å². The minimum atomic E-state index is -0.421. The summed E-state index contributed by atoms with van der Waals surface area (Å²) in [6.45, 7) is 2.25. The smallest absolute Gasteiger partial charge is 0.355 e. The van der Waals surface area contributed by atoms with Gasteiger partial charge in [-0.3, -0.25) is 9.78 Å². The zero-order chi connectivity index (χ0) is 20.5. The molecule has 0 unspecified atom stereocenters. The molecule has 1 N–H and O–H groups in total. The van der Waals surface area contributed by atoms with Gasteiger partial charge in [-0.25, -0.2) is 14.3 Å². The number of pyridine rings is 2. The highest BCUT2D eigenvalue weighted by Crippen LogP contribution is 2.39. The van der Waals surface area contributed by atoms with E-state index in [1.165, 1.54) is 4.57 Å². The fourth-order valence-corrected chi connectivity index (χ4v) is 3.30. The third-order valence-corrected chi connectivity index (χ3v) is 5.11. The predicted octanol–water partition coefficient (Wildman–Crippen LogP) is 2.25. The summed E-state index contributed by atoms with van der Waals surface area (Å²) in [6.07, 6.45) is 4.25. The van der Waals surface area contributed by atoms with Gasteiger partial charge in [0.1, 0.15) is 5.82 Å². The maximum atomic E-state index is 13.0. The molecule has 8 nitrogen and oxygen atoms in total. The summed E-state index contributed by atoms with van der Waals surface area (Å²) < 4.78 is 1.53. The molecule has 0 spiro atoms. The van der Waals surface area contributed by atoms with Crippen molar-refractivity contribution in [2.75, 3.05) is 26.0 Å². The van der Waals surface area contributed by atoms with Gasteiger partial charge in [0.15, 0.2) is 5.65 Å². The third-order valence-electron chi connectivity index (χ3n) is 5.11. The number of carbonyl (C=O) groups excluding carboxylic acids is 1. The molecule has 150 valence electrons. The molecule has 0 atom stereocenters. The maximum absolute atomic E-state index is 13.0. The first-order chi connectivity index (χ1) is 14.0. The van der Waals surface area contributed by atoms with Crippen LogP contribution in [0.1, 0.15) is 36.6 Å². The van der Waals surface area contributed by atoms with Gasteiger partial charge in [-0.15, -0.1) is 0 Å². The van der Waals surface area contributed by atoms with Crippen molar-refractivity contribution in [2.24, 2.45) is 0 Å². The van der Waals surface area contributed by atoms with Gasteiger partial charge >= 0.3 is 5.69 Å². The van der Waals surface area contributed by atoms with Crippen molar-refractivity contribution in [3.8, 4) is 5.69 Å². The van der Waals surface area contributed by atoms with Gasteiger partial charge in [0.25, 0.3) is 0 Å². The number of aromatic nitrogens is 4. The number of amides is 1. The Hall–Kier alpha value is -3.29. The lowest BCUT2D eigenvalue weighted by atomic mass is 10.2. The lowest BCUT2D eigenvalue weighted by Crippen LogP contribution is -2.27. The molecular formula is C21H24N6O2. The highest BCUT2D eigenvalue weighted by atomic mass is 16.2. The van der Waals surface area contributed by atoms with Crippen molar-refractivity contribution in [1.29, 1.82) is 0 Å². The van der Waals surface area contributed by atoms with Crippen LogP contribution in [-0.4, -0.2) is 51.0 Å². The standard InChI is InChI=1S/C21H24N6O2/c1-13-17(5-4-11-22-13)27-20-15(8-9-16(24-20)14-6-7-14)19(25-21(27)29)23-12-10-18(28)26(2)3/h4-5,8-9,11,14H,6-7,10,12H2,1-3H3,(H,23,25,29). The van der Waals surface area contributed by atoms with E-state index < -0.39 is 5.69 Å². The molecule has 8 heteroatoms. The van der Waals surface area contributed by atoms with Crippen molar-refractivity contribution in [1.82, 2.24) is 24.4 Å². The van der Waals surface area contributed by atoms with Gasteiger partial charge in [0.2, 0.25) is 5.91 Å². The van der Waals surface area contributed by atoms with Crippen molar-refractivity contribution < 1.29 is 4.79 Å². The Morgan fingerprint density at radius 1 is 1.24 bits per heavy atom. The minimum absolute atomic E-state index is 0.00952. The second-order valence-electron chi connectivity index (χ2n) is 7.53. The summed E-state index contributed by atoms with van der Waals surface area (Å²) in [6, 6.07) is 7.60. The Bertz CT molecular complexity index is 1130. The van der Waals surface area contributed by atoms with E-state index in [2.05, 4.69) is 15.3 Å². The summed E-state index contributed by atoms with van der Waals surface area (Å²) in [5, 5.41) is 3.89. The third kappa shape index (κ3) is 3.83. The lowest BCUT2D eigenvalue weighted by Gasteiger charge is -2.15. The van der Waals surface area contributed by atoms with Crippen molar-refractivity contribution in [3.63, 3.8) is 0 Å². The second-order valence-corrected chi connectivity index (χ2v) is 7.53. The number of aryl methyl sites for hydroxylation is 1. The summed E-state index contributed by atoms with van der Waals surface area (Å²) in [7, 11) is 3.44. The molecule has 1 amide bonds. The quantitative estimate of drug-likeness (QED) is 0.692. The number of anilines is 1. The first kappa shape index (κ1) is 19.0. The van der Waals surface area contributed by atoms with E-state index in [9.17, 15) is 9.59 Å². The maximum Gasteiger partial charge on any atom is 0.355 e. The summed E-state index contributed by atoms with van der Waals surface area (Å²) >= 11 is 0. The molecule has 1 aliphatic rings. The van der Waals surface area contributed by atoms with Crippen molar-refractivity contribution in [2.45, 2.75) is 32.1 Å². The fourth-order valence-electron chi connectivity index (χ4n) is 3.30. The zero-order valence-corrected chi connectivity index (χ0v) is 16.8. The molecule has 0 aromatic carbocycles. The van der Waals surface area contributed by atoms with Gasteiger partial charge in [-0.2, -0.15) is 4.98 Å². The largest absolute Gasteiger partial charge is 0.369 e. The fraction of sp³-hybridized carbons (Fsp3) is 0.381. The predicted molar refractivity (Wildman–Crippen MR) is 111 cm³/mol. The van der Waals surface area contributed by atoms with E-state index in [4.69, 9.17) is 4.98 Å². The summed E-state index contributed by atoms with van der Waals surface area (Å²) in [4.78, 5) is 39.8. The number of carbonyl (C=O) groups is 1. The second kappa shape index (κ2) is 7.62. The Morgan fingerprint density at radius 2 is 2.03 bits per heavy atom. The van der Waals surface area contributed by atoms with Crippen LogP contribution in [0.15, 0.2) is 35.3 Å². The van der Waals surface area contributed by atoms with Crippen LogP contribution in [0, 0.1) is 6.92 Å². The molecule has 29 heavy (non-hydrogen) atoms. The molecule has 1 aliphatic carbocycles. The monoisotopic (exact) mass is 392 g/mol. The average Bonchev–Trinajstić information content (AvgIpc) is 3.54. The van der Waals surface area contributed by atoms with E-state index in [0.717, 1.165) is 29.6 Å². The Kier molecular flexibility index (Phi) is 5.00. The van der Waals surface area contributed by atoms with Crippen LogP contribution in [0.25, 0.3) is 16.7 Å². The Morgan fingerprint density at radius 3 is 2.72 bits per heavy atom. The van der Waals surface area contributed by atoms with E-state index in [1.807, 2.05) is 25.1 Å². The van der Waals surface area contributed by atoms with Crippen LogP contribution in [0.5, 0.6) is 0 Å². The molecule has 3 heterocycles.